The lowest BCUT2D eigenvalue weighted by Crippen LogP contribution is -2.50. The minimum Gasteiger partial charge on any atom is -0.396 e. The number of aromatic nitrogens is 1. The van der Waals surface area contributed by atoms with Crippen LogP contribution in [0.5, 0.6) is 0 Å². The molecular formula is C34H49N3O3. The highest BCUT2D eigenvalue weighted by molar-refractivity contribution is 5.80. The Morgan fingerprint density at radius 3 is 2.38 bits per heavy atom. The maximum atomic E-state index is 13.5. The van der Waals surface area contributed by atoms with E-state index in [0.717, 1.165) is 63.1 Å². The van der Waals surface area contributed by atoms with Crippen molar-refractivity contribution in [1.82, 2.24) is 9.88 Å². The number of rotatable bonds is 8. The third-order valence-corrected chi connectivity index (χ3v) is 10.00. The molecule has 1 saturated heterocycles. The minimum absolute atomic E-state index is 0.111. The summed E-state index contributed by atoms with van der Waals surface area (Å²) in [6, 6.07) is 13.5. The van der Waals surface area contributed by atoms with Gasteiger partial charge < -0.3 is 20.0 Å². The topological polar surface area (TPSA) is 76.9 Å². The van der Waals surface area contributed by atoms with Crippen molar-refractivity contribution in [3.8, 4) is 11.3 Å². The maximum absolute atomic E-state index is 13.5. The van der Waals surface area contributed by atoms with Crippen molar-refractivity contribution in [3.63, 3.8) is 0 Å². The number of piperidine rings is 1. The van der Waals surface area contributed by atoms with Crippen molar-refractivity contribution in [1.29, 1.82) is 0 Å². The highest BCUT2D eigenvalue weighted by Crippen LogP contribution is 2.46. The molecule has 2 heterocycles. The molecule has 0 spiro atoms. The summed E-state index contributed by atoms with van der Waals surface area (Å²) in [5, 5.41) is 19.7. The number of hydrogen-bond acceptors (Lipinski definition) is 5. The number of aliphatic hydroxyl groups excluding tert-OH is 2. The number of nitrogens with zero attached hydrogens (tertiary/aromatic N) is 3. The van der Waals surface area contributed by atoms with Crippen LogP contribution in [0.3, 0.4) is 0 Å². The largest absolute Gasteiger partial charge is 0.396 e. The van der Waals surface area contributed by atoms with E-state index in [4.69, 9.17) is 4.98 Å². The predicted octanol–water partition coefficient (Wildman–Crippen LogP) is 5.83. The Labute approximate surface area is 240 Å². The van der Waals surface area contributed by atoms with Gasteiger partial charge in [0.1, 0.15) is 5.82 Å². The Morgan fingerprint density at radius 2 is 1.70 bits per heavy atom. The molecule has 2 atom stereocenters. The lowest BCUT2D eigenvalue weighted by Gasteiger charge is -2.42. The summed E-state index contributed by atoms with van der Waals surface area (Å²) in [6.45, 7) is 12.0. The number of amides is 1. The lowest BCUT2D eigenvalue weighted by atomic mass is 9.63. The van der Waals surface area contributed by atoms with E-state index >= 15 is 0 Å². The Morgan fingerprint density at radius 1 is 0.975 bits per heavy atom. The summed E-state index contributed by atoms with van der Waals surface area (Å²) in [4.78, 5) is 23.0. The molecule has 2 aliphatic carbocycles. The monoisotopic (exact) mass is 547 g/mol. The van der Waals surface area contributed by atoms with Crippen LogP contribution in [0.15, 0.2) is 36.4 Å². The number of aliphatic hydroxyl groups is 2. The first kappa shape index (κ1) is 29.1. The van der Waals surface area contributed by atoms with Gasteiger partial charge in [-0.25, -0.2) is 4.98 Å². The van der Waals surface area contributed by atoms with Crippen LogP contribution in [0, 0.1) is 5.92 Å². The molecule has 2 aromatic rings. The quantitative estimate of drug-likeness (QED) is 0.407. The smallest absolute Gasteiger partial charge is 0.228 e. The first-order valence-electron chi connectivity index (χ1n) is 15.6. The van der Waals surface area contributed by atoms with Gasteiger partial charge in [-0.15, -0.1) is 0 Å². The van der Waals surface area contributed by atoms with E-state index in [9.17, 15) is 15.0 Å². The first-order chi connectivity index (χ1) is 19.1. The molecule has 2 N–H and O–H groups in total. The molecule has 0 bridgehead atoms. The van der Waals surface area contributed by atoms with E-state index in [0.29, 0.717) is 13.0 Å². The molecule has 1 aromatic carbocycles. The van der Waals surface area contributed by atoms with Crippen LogP contribution in [0.1, 0.15) is 96.6 Å². The number of pyridine rings is 1. The number of carbonyl (C=O) groups is 1. The molecule has 40 heavy (non-hydrogen) atoms. The molecular weight excluding hydrogens is 498 g/mol. The van der Waals surface area contributed by atoms with Crippen LogP contribution in [0.25, 0.3) is 11.3 Å². The Hall–Kier alpha value is -2.44. The molecule has 6 heteroatoms. The second kappa shape index (κ2) is 11.8. The van der Waals surface area contributed by atoms with E-state index in [2.05, 4.69) is 69.0 Å². The zero-order valence-electron chi connectivity index (χ0n) is 25.0. The van der Waals surface area contributed by atoms with E-state index in [1.165, 1.54) is 29.5 Å². The molecule has 1 saturated carbocycles. The van der Waals surface area contributed by atoms with Crippen LogP contribution in [-0.2, 0) is 15.6 Å². The summed E-state index contributed by atoms with van der Waals surface area (Å²) in [7, 11) is 0. The van der Waals surface area contributed by atoms with Gasteiger partial charge in [0.15, 0.2) is 0 Å². The standard InChI is InChI=1S/C34H49N3O3/c1-33(2)17-18-34(3,4)28-23-24(13-14-27(28)33)29-10-8-12-31(35-29)36-20-15-25(16-21-36)37(19-5-6-22-38)32(40)26-9-7-11-30(26)39/h8,10,12-14,23,25-26,30,38-39H,5-7,9,11,15-22H2,1-4H3/t26-,30-/m0/s1. The SMILES string of the molecule is CC1(C)CCC(C)(C)c2cc(-c3cccc(N4CCC(N(CCCCO)C(=O)[C@H]5CCC[C@@H]5O)CC4)n3)ccc21. The van der Waals surface area contributed by atoms with E-state index in [1.807, 2.05) is 4.90 Å². The van der Waals surface area contributed by atoms with Crippen molar-refractivity contribution in [2.75, 3.05) is 31.1 Å². The molecule has 218 valence electrons. The van der Waals surface area contributed by atoms with E-state index < -0.39 is 6.10 Å². The zero-order valence-corrected chi connectivity index (χ0v) is 25.0. The number of anilines is 1. The predicted molar refractivity (Wildman–Crippen MR) is 162 cm³/mol. The summed E-state index contributed by atoms with van der Waals surface area (Å²) in [6.07, 6.45) is 7.59. The average molecular weight is 548 g/mol. The third-order valence-electron chi connectivity index (χ3n) is 10.00. The minimum atomic E-state index is -0.514. The van der Waals surface area contributed by atoms with Crippen LogP contribution in [0.2, 0.25) is 0 Å². The van der Waals surface area contributed by atoms with Gasteiger partial charge in [0.05, 0.1) is 17.7 Å². The maximum Gasteiger partial charge on any atom is 0.228 e. The highest BCUT2D eigenvalue weighted by atomic mass is 16.3. The van der Waals surface area contributed by atoms with Gasteiger partial charge in [-0.1, -0.05) is 45.9 Å². The highest BCUT2D eigenvalue weighted by Gasteiger charge is 2.38. The molecule has 1 amide bonds. The van der Waals surface area contributed by atoms with Crippen molar-refractivity contribution in [2.45, 2.75) is 108 Å². The van der Waals surface area contributed by atoms with Gasteiger partial charge in [-0.3, -0.25) is 4.79 Å². The van der Waals surface area contributed by atoms with Gasteiger partial charge in [0.2, 0.25) is 5.91 Å². The van der Waals surface area contributed by atoms with E-state index in [-0.39, 0.29) is 35.3 Å². The second-order valence-electron chi connectivity index (χ2n) is 13.7. The van der Waals surface area contributed by atoms with Crippen molar-refractivity contribution in [3.05, 3.63) is 47.5 Å². The van der Waals surface area contributed by atoms with Crippen LogP contribution >= 0.6 is 0 Å². The number of benzene rings is 1. The molecule has 1 aromatic heterocycles. The number of carbonyl (C=O) groups excluding carboxylic acids is 1. The van der Waals surface area contributed by atoms with E-state index in [1.54, 1.807) is 0 Å². The van der Waals surface area contributed by atoms with Crippen LogP contribution < -0.4 is 4.90 Å². The Balaban J connectivity index is 1.30. The number of fused-ring (bicyclic) bond motifs is 1. The van der Waals surface area contributed by atoms with Crippen LogP contribution in [-0.4, -0.2) is 64.4 Å². The molecule has 5 rings (SSSR count). The second-order valence-corrected chi connectivity index (χ2v) is 13.7. The number of unbranched alkanes of at least 4 members (excludes halogenated alkanes) is 1. The fourth-order valence-corrected chi connectivity index (χ4v) is 7.22. The first-order valence-corrected chi connectivity index (χ1v) is 15.6. The fraction of sp³-hybridized carbons (Fsp3) is 0.647. The molecule has 0 unspecified atom stereocenters. The van der Waals surface area contributed by atoms with Gasteiger partial charge in [0.25, 0.3) is 0 Å². The molecule has 0 radical (unpaired) electrons. The normalized spacial score (nSPS) is 24.1. The molecule has 3 aliphatic rings. The summed E-state index contributed by atoms with van der Waals surface area (Å²) in [5.74, 6) is 0.843. The average Bonchev–Trinajstić information content (AvgIpc) is 3.39. The van der Waals surface area contributed by atoms with Gasteiger partial charge >= 0.3 is 0 Å². The van der Waals surface area contributed by atoms with Gasteiger partial charge in [0, 0.05) is 37.8 Å². The van der Waals surface area contributed by atoms with Crippen molar-refractivity contribution < 1.29 is 15.0 Å². The molecule has 2 fully saturated rings. The van der Waals surface area contributed by atoms with Gasteiger partial charge in [-0.2, -0.15) is 0 Å². The fourth-order valence-electron chi connectivity index (χ4n) is 7.22. The Bertz CT molecular complexity index is 1180. The zero-order chi connectivity index (χ0) is 28.5. The van der Waals surface area contributed by atoms with Crippen molar-refractivity contribution >= 4 is 11.7 Å². The van der Waals surface area contributed by atoms with Gasteiger partial charge in [-0.05, 0) is 97.9 Å². The summed E-state index contributed by atoms with van der Waals surface area (Å²) in [5.41, 5.74) is 5.47. The van der Waals surface area contributed by atoms with Crippen molar-refractivity contribution in [2.24, 2.45) is 5.92 Å². The lowest BCUT2D eigenvalue weighted by molar-refractivity contribution is -0.141. The molecule has 1 aliphatic heterocycles. The Kier molecular flexibility index (Phi) is 8.58. The third kappa shape index (κ3) is 5.94. The molecule has 6 nitrogen and oxygen atoms in total. The summed E-state index contributed by atoms with van der Waals surface area (Å²) >= 11 is 0. The van der Waals surface area contributed by atoms with Crippen LogP contribution in [0.4, 0.5) is 5.82 Å². The summed E-state index contributed by atoms with van der Waals surface area (Å²) < 4.78 is 0. The number of hydrogen-bond donors (Lipinski definition) is 2.